The molecule has 25 heavy (non-hydrogen) atoms. The van der Waals surface area contributed by atoms with Crippen LogP contribution in [0.2, 0.25) is 0 Å². The Balaban J connectivity index is 1.72. The van der Waals surface area contributed by atoms with Crippen molar-refractivity contribution in [2.24, 2.45) is 0 Å². The summed E-state index contributed by atoms with van der Waals surface area (Å²) in [7, 11) is 0. The van der Waals surface area contributed by atoms with E-state index in [0.29, 0.717) is 11.3 Å². The van der Waals surface area contributed by atoms with Crippen molar-refractivity contribution in [3.05, 3.63) is 64.7 Å². The maximum absolute atomic E-state index is 13.5. The molecule has 0 fully saturated rings. The maximum Gasteiger partial charge on any atom is 0.344 e. The highest BCUT2D eigenvalue weighted by molar-refractivity contribution is 6.05. The number of esters is 1. The van der Waals surface area contributed by atoms with Crippen LogP contribution in [0.25, 0.3) is 0 Å². The Morgan fingerprint density at radius 1 is 1.16 bits per heavy atom. The smallest absolute Gasteiger partial charge is 0.344 e. The van der Waals surface area contributed by atoms with Gasteiger partial charge < -0.3 is 10.1 Å². The third-order valence-electron chi connectivity index (χ3n) is 3.99. The SMILES string of the molecule is C[C@@H]1C(=O)Nc2ccc(C(=O)COC(=O)c3c(F)cccc3F)cc21. The van der Waals surface area contributed by atoms with Crippen LogP contribution in [-0.4, -0.2) is 24.3 Å². The van der Waals surface area contributed by atoms with Gasteiger partial charge in [-0.25, -0.2) is 13.6 Å². The number of ketones is 1. The topological polar surface area (TPSA) is 72.5 Å². The number of hydrogen-bond donors (Lipinski definition) is 1. The molecule has 2 aromatic rings. The number of benzene rings is 2. The highest BCUT2D eigenvalue weighted by Gasteiger charge is 2.27. The predicted octanol–water partition coefficient (Wildman–Crippen LogP) is 3.06. The molecule has 1 aliphatic rings. The van der Waals surface area contributed by atoms with Crippen LogP contribution in [0.4, 0.5) is 14.5 Å². The number of Topliss-reactive ketones (excluding diaryl/α,β-unsaturated/α-hetero) is 1. The minimum Gasteiger partial charge on any atom is -0.454 e. The molecule has 0 aliphatic carbocycles. The van der Waals surface area contributed by atoms with Gasteiger partial charge in [0.25, 0.3) is 0 Å². The molecule has 5 nitrogen and oxygen atoms in total. The molecular formula is C18H13F2NO4. The zero-order chi connectivity index (χ0) is 18.1. The number of nitrogens with one attached hydrogen (secondary N) is 1. The van der Waals surface area contributed by atoms with Crippen LogP contribution in [0.3, 0.4) is 0 Å². The van der Waals surface area contributed by atoms with Gasteiger partial charge in [-0.1, -0.05) is 6.07 Å². The first kappa shape index (κ1) is 16.8. The molecule has 2 aromatic carbocycles. The van der Waals surface area contributed by atoms with E-state index in [1.165, 1.54) is 12.1 Å². The Bertz CT molecular complexity index is 874. The zero-order valence-electron chi connectivity index (χ0n) is 13.1. The number of hydrogen-bond acceptors (Lipinski definition) is 4. The molecule has 128 valence electrons. The van der Waals surface area contributed by atoms with E-state index in [1.54, 1.807) is 13.0 Å². The summed E-state index contributed by atoms with van der Waals surface area (Å²) in [6.07, 6.45) is 0. The summed E-state index contributed by atoms with van der Waals surface area (Å²) in [6.45, 7) is 1.04. The van der Waals surface area contributed by atoms with Gasteiger partial charge in [-0.3, -0.25) is 9.59 Å². The maximum atomic E-state index is 13.5. The second-order valence-electron chi connectivity index (χ2n) is 5.61. The van der Waals surface area contributed by atoms with Crippen LogP contribution >= 0.6 is 0 Å². The molecular weight excluding hydrogens is 332 g/mol. The van der Waals surface area contributed by atoms with E-state index in [9.17, 15) is 23.2 Å². The number of carbonyl (C=O) groups is 3. The Hall–Kier alpha value is -3.09. The van der Waals surface area contributed by atoms with Gasteiger partial charge in [0.15, 0.2) is 12.4 Å². The summed E-state index contributed by atoms with van der Waals surface area (Å²) in [4.78, 5) is 35.6. The van der Waals surface area contributed by atoms with E-state index in [1.807, 2.05) is 0 Å². The summed E-state index contributed by atoms with van der Waals surface area (Å²) < 4.78 is 31.7. The molecule has 1 amide bonds. The molecule has 0 bridgehead atoms. The van der Waals surface area contributed by atoms with Crippen molar-refractivity contribution in [2.75, 3.05) is 11.9 Å². The Morgan fingerprint density at radius 3 is 2.52 bits per heavy atom. The Labute approximate surface area is 141 Å². The van der Waals surface area contributed by atoms with Crippen LogP contribution in [0.15, 0.2) is 36.4 Å². The number of anilines is 1. The Kier molecular flexibility index (Phi) is 4.31. The number of halogens is 2. The summed E-state index contributed by atoms with van der Waals surface area (Å²) in [6, 6.07) is 7.57. The van der Waals surface area contributed by atoms with Crippen molar-refractivity contribution < 1.29 is 27.9 Å². The van der Waals surface area contributed by atoms with Crippen LogP contribution in [0.5, 0.6) is 0 Å². The largest absolute Gasteiger partial charge is 0.454 e. The fourth-order valence-corrected chi connectivity index (χ4v) is 2.57. The number of rotatable bonds is 4. The highest BCUT2D eigenvalue weighted by Crippen LogP contribution is 2.32. The van der Waals surface area contributed by atoms with E-state index in [0.717, 1.165) is 18.2 Å². The first-order chi connectivity index (χ1) is 11.9. The molecule has 0 spiro atoms. The van der Waals surface area contributed by atoms with Crippen LogP contribution < -0.4 is 5.32 Å². The average Bonchev–Trinajstić information content (AvgIpc) is 2.86. The molecule has 1 atom stereocenters. The fraction of sp³-hybridized carbons (Fsp3) is 0.167. The first-order valence-corrected chi connectivity index (χ1v) is 7.47. The molecule has 1 heterocycles. The van der Waals surface area contributed by atoms with Gasteiger partial charge in [-0.05, 0) is 42.8 Å². The highest BCUT2D eigenvalue weighted by atomic mass is 19.1. The first-order valence-electron chi connectivity index (χ1n) is 7.47. The number of ether oxygens (including phenoxy) is 1. The second-order valence-corrected chi connectivity index (χ2v) is 5.61. The lowest BCUT2D eigenvalue weighted by Crippen LogP contribution is -2.16. The van der Waals surface area contributed by atoms with Gasteiger partial charge in [0.2, 0.25) is 5.91 Å². The van der Waals surface area contributed by atoms with Crippen LogP contribution in [-0.2, 0) is 9.53 Å². The summed E-state index contributed by atoms with van der Waals surface area (Å²) in [5, 5.41) is 2.68. The van der Waals surface area contributed by atoms with Crippen molar-refractivity contribution in [2.45, 2.75) is 12.8 Å². The molecule has 7 heteroatoms. The van der Waals surface area contributed by atoms with Crippen LogP contribution in [0.1, 0.15) is 39.1 Å². The molecule has 1 N–H and O–H groups in total. The molecule has 0 unspecified atom stereocenters. The summed E-state index contributed by atoms with van der Waals surface area (Å²) in [5.41, 5.74) is 0.693. The average molecular weight is 345 g/mol. The van der Waals surface area contributed by atoms with E-state index in [2.05, 4.69) is 5.32 Å². The van der Waals surface area contributed by atoms with Crippen molar-refractivity contribution in [1.82, 2.24) is 0 Å². The predicted molar refractivity (Wildman–Crippen MR) is 84.5 cm³/mol. The second kappa shape index (κ2) is 6.43. The van der Waals surface area contributed by atoms with Gasteiger partial charge in [0.1, 0.15) is 17.2 Å². The summed E-state index contributed by atoms with van der Waals surface area (Å²) in [5.74, 6) is -4.48. The zero-order valence-corrected chi connectivity index (χ0v) is 13.1. The lowest BCUT2D eigenvalue weighted by molar-refractivity contribution is -0.116. The third kappa shape index (κ3) is 3.13. The minimum absolute atomic E-state index is 0.166. The molecule has 0 radical (unpaired) electrons. The fourth-order valence-electron chi connectivity index (χ4n) is 2.57. The molecule has 0 saturated heterocycles. The van der Waals surface area contributed by atoms with Gasteiger partial charge in [0, 0.05) is 11.3 Å². The standard InChI is InChI=1S/C18H13F2NO4/c1-9-11-7-10(5-6-14(11)21-17(9)23)15(22)8-25-18(24)16-12(19)3-2-4-13(16)20/h2-7,9H,8H2,1H3,(H,21,23)/t9-/m0/s1. The molecule has 0 saturated carbocycles. The number of amides is 1. The van der Waals surface area contributed by atoms with E-state index in [4.69, 9.17) is 4.74 Å². The van der Waals surface area contributed by atoms with Gasteiger partial charge >= 0.3 is 5.97 Å². The van der Waals surface area contributed by atoms with Gasteiger partial charge in [0.05, 0.1) is 5.92 Å². The number of fused-ring (bicyclic) bond motifs is 1. The minimum atomic E-state index is -1.25. The summed E-state index contributed by atoms with van der Waals surface area (Å²) >= 11 is 0. The normalized spacial score (nSPS) is 15.5. The van der Waals surface area contributed by atoms with Crippen LogP contribution in [0, 0.1) is 11.6 Å². The van der Waals surface area contributed by atoms with Gasteiger partial charge in [-0.15, -0.1) is 0 Å². The van der Waals surface area contributed by atoms with Crippen molar-refractivity contribution in [3.63, 3.8) is 0 Å². The molecule has 1 aliphatic heterocycles. The number of carbonyl (C=O) groups excluding carboxylic acids is 3. The Morgan fingerprint density at radius 2 is 1.84 bits per heavy atom. The quantitative estimate of drug-likeness (QED) is 0.683. The van der Waals surface area contributed by atoms with Crippen molar-refractivity contribution in [1.29, 1.82) is 0 Å². The van der Waals surface area contributed by atoms with E-state index < -0.39 is 41.5 Å². The molecule has 0 aromatic heterocycles. The lowest BCUT2D eigenvalue weighted by Gasteiger charge is -2.08. The van der Waals surface area contributed by atoms with Gasteiger partial charge in [-0.2, -0.15) is 0 Å². The lowest BCUT2D eigenvalue weighted by atomic mass is 9.99. The third-order valence-corrected chi connectivity index (χ3v) is 3.99. The van der Waals surface area contributed by atoms with Crippen molar-refractivity contribution >= 4 is 23.3 Å². The van der Waals surface area contributed by atoms with Crippen molar-refractivity contribution in [3.8, 4) is 0 Å². The van der Waals surface area contributed by atoms with E-state index >= 15 is 0 Å². The monoisotopic (exact) mass is 345 g/mol. The molecule has 3 rings (SSSR count). The van der Waals surface area contributed by atoms with E-state index in [-0.39, 0.29) is 11.5 Å².